The first-order valence-corrected chi connectivity index (χ1v) is 9.26. The molecule has 0 saturated carbocycles. The van der Waals surface area contributed by atoms with Crippen molar-refractivity contribution < 1.29 is 18.9 Å². The third-order valence-corrected chi connectivity index (χ3v) is 3.97. The molecule has 0 unspecified atom stereocenters. The zero-order chi connectivity index (χ0) is 19.4. The van der Waals surface area contributed by atoms with Gasteiger partial charge in [-0.2, -0.15) is 0 Å². The molecule has 0 saturated heterocycles. The van der Waals surface area contributed by atoms with Crippen LogP contribution in [0.2, 0.25) is 0 Å². The van der Waals surface area contributed by atoms with E-state index in [1.54, 1.807) is 53.3 Å². The molecule has 1 aromatic heterocycles. The fourth-order valence-electron chi connectivity index (χ4n) is 2.38. The molecule has 10 nitrogen and oxygen atoms in total. The summed E-state index contributed by atoms with van der Waals surface area (Å²) in [7, 11) is -4.53. The van der Waals surface area contributed by atoms with Gasteiger partial charge in [-0.3, -0.25) is 9.93 Å². The Morgan fingerprint density at radius 2 is 2.04 bits per heavy atom. The summed E-state index contributed by atoms with van der Waals surface area (Å²) in [6.07, 6.45) is 1.72. The number of benzene rings is 2. The van der Waals surface area contributed by atoms with Crippen LogP contribution in [-0.2, 0) is 15.7 Å². The summed E-state index contributed by atoms with van der Waals surface area (Å²) in [5.41, 5.74) is 8.64. The summed E-state index contributed by atoms with van der Waals surface area (Å²) < 4.78 is 16.9. The normalized spacial score (nSPS) is 11.3. The molecule has 27 heavy (non-hydrogen) atoms. The first kappa shape index (κ1) is 18.7. The molecular formula is C16H17N6O4P. The highest BCUT2D eigenvalue weighted by atomic mass is 31.2. The number of hydrogen-bond donors (Lipinski definition) is 5. The van der Waals surface area contributed by atoms with Crippen molar-refractivity contribution in [3.05, 3.63) is 60.3 Å². The maximum absolute atomic E-state index is 10.8. The van der Waals surface area contributed by atoms with Crippen molar-refractivity contribution in [1.82, 2.24) is 15.0 Å². The van der Waals surface area contributed by atoms with Gasteiger partial charge in [-0.1, -0.05) is 29.5 Å². The minimum absolute atomic E-state index is 0.162. The van der Waals surface area contributed by atoms with E-state index in [-0.39, 0.29) is 12.6 Å². The zero-order valence-electron chi connectivity index (χ0n) is 14.0. The van der Waals surface area contributed by atoms with Gasteiger partial charge in [0.2, 0.25) is 0 Å². The Hall–Kier alpha value is -3.04. The number of phosphoric ester groups is 1. The van der Waals surface area contributed by atoms with Gasteiger partial charge in [-0.05, 0) is 29.8 Å². The van der Waals surface area contributed by atoms with Gasteiger partial charge in [-0.15, -0.1) is 5.10 Å². The average molecular weight is 388 g/mol. The number of aromatic nitrogens is 3. The molecule has 0 spiro atoms. The first-order chi connectivity index (χ1) is 12.8. The van der Waals surface area contributed by atoms with Crippen LogP contribution < -0.4 is 11.1 Å². The monoisotopic (exact) mass is 388 g/mol. The van der Waals surface area contributed by atoms with Gasteiger partial charge in [0.05, 0.1) is 18.5 Å². The number of nitrogens with one attached hydrogen (secondary N) is 2. The molecule has 2 aromatic carbocycles. The Balaban J connectivity index is 1.82. The van der Waals surface area contributed by atoms with Crippen molar-refractivity contribution in [2.24, 2.45) is 5.73 Å². The summed E-state index contributed by atoms with van der Waals surface area (Å²) in [6, 6.07) is 14.1. The highest BCUT2D eigenvalue weighted by Gasteiger charge is 2.14. The standard InChI is InChI=1S/C16H17N6O4P/c17-16(18)19-13-5-2-4-12(8-13)15-9-22(21-20-15)14-6-1-3-11(7-14)10-26-27(23,24)25/h1-9H,10H2,(H4,17,18,19)(H2,23,24,25). The zero-order valence-corrected chi connectivity index (χ0v) is 14.9. The Bertz CT molecular complexity index is 1020. The molecule has 6 N–H and O–H groups in total. The minimum Gasteiger partial charge on any atom is -0.370 e. The lowest BCUT2D eigenvalue weighted by Gasteiger charge is -2.07. The molecular weight excluding hydrogens is 371 g/mol. The molecule has 0 aliphatic heterocycles. The smallest absolute Gasteiger partial charge is 0.370 e. The summed E-state index contributed by atoms with van der Waals surface area (Å²) in [6.45, 7) is -0.224. The molecule has 0 bridgehead atoms. The lowest BCUT2D eigenvalue weighted by atomic mass is 10.1. The number of anilines is 1. The van der Waals surface area contributed by atoms with Crippen LogP contribution in [0.1, 0.15) is 5.56 Å². The topological polar surface area (TPSA) is 159 Å². The van der Waals surface area contributed by atoms with E-state index in [1.165, 1.54) is 0 Å². The van der Waals surface area contributed by atoms with E-state index in [0.29, 0.717) is 22.6 Å². The van der Waals surface area contributed by atoms with E-state index in [2.05, 4.69) is 20.2 Å². The van der Waals surface area contributed by atoms with E-state index < -0.39 is 7.82 Å². The molecule has 0 amide bonds. The van der Waals surface area contributed by atoms with Crippen molar-refractivity contribution in [3.63, 3.8) is 0 Å². The SMILES string of the molecule is N=C(N)Nc1cccc(-c2cn(-c3cccc(COP(=O)(O)O)c3)nn2)c1. The highest BCUT2D eigenvalue weighted by molar-refractivity contribution is 7.46. The van der Waals surface area contributed by atoms with E-state index in [1.807, 2.05) is 6.07 Å². The number of rotatable bonds is 6. The Labute approximate surface area is 154 Å². The third-order valence-electron chi connectivity index (χ3n) is 3.51. The van der Waals surface area contributed by atoms with Gasteiger partial charge in [-0.25, -0.2) is 9.25 Å². The van der Waals surface area contributed by atoms with Gasteiger partial charge in [0.25, 0.3) is 0 Å². The van der Waals surface area contributed by atoms with Crippen LogP contribution >= 0.6 is 7.82 Å². The number of nitrogens with two attached hydrogens (primary N) is 1. The second-order valence-electron chi connectivity index (χ2n) is 5.60. The Morgan fingerprint density at radius 1 is 1.26 bits per heavy atom. The largest absolute Gasteiger partial charge is 0.469 e. The number of guanidine groups is 1. The van der Waals surface area contributed by atoms with Gasteiger partial charge in [0.15, 0.2) is 5.96 Å². The second-order valence-corrected chi connectivity index (χ2v) is 6.84. The van der Waals surface area contributed by atoms with Gasteiger partial charge in [0, 0.05) is 11.3 Å². The van der Waals surface area contributed by atoms with Crippen molar-refractivity contribution in [2.75, 3.05) is 5.32 Å². The molecule has 0 aliphatic carbocycles. The quantitative estimate of drug-likeness (QED) is 0.243. The summed E-state index contributed by atoms with van der Waals surface area (Å²) in [5, 5.41) is 18.2. The van der Waals surface area contributed by atoms with E-state index in [0.717, 1.165) is 5.56 Å². The van der Waals surface area contributed by atoms with Gasteiger partial charge >= 0.3 is 7.82 Å². The highest BCUT2D eigenvalue weighted by Crippen LogP contribution is 2.37. The van der Waals surface area contributed by atoms with Crippen LogP contribution in [0.25, 0.3) is 16.9 Å². The molecule has 0 aliphatic rings. The van der Waals surface area contributed by atoms with Gasteiger partial charge < -0.3 is 20.8 Å². The van der Waals surface area contributed by atoms with Crippen molar-refractivity contribution in [3.8, 4) is 16.9 Å². The van der Waals surface area contributed by atoms with E-state index in [4.69, 9.17) is 20.9 Å². The number of phosphoric acid groups is 1. The van der Waals surface area contributed by atoms with E-state index in [9.17, 15) is 4.57 Å². The van der Waals surface area contributed by atoms with Crippen LogP contribution in [-0.4, -0.2) is 30.7 Å². The van der Waals surface area contributed by atoms with Crippen molar-refractivity contribution in [1.29, 1.82) is 5.41 Å². The molecule has 0 atom stereocenters. The average Bonchev–Trinajstić information content (AvgIpc) is 3.10. The molecule has 140 valence electrons. The van der Waals surface area contributed by atoms with Crippen molar-refractivity contribution >= 4 is 19.5 Å². The number of nitrogens with zero attached hydrogens (tertiary/aromatic N) is 3. The predicted octanol–water partition coefficient (Wildman–Crippen LogP) is 1.85. The van der Waals surface area contributed by atoms with Crippen LogP contribution in [0.3, 0.4) is 0 Å². The Kier molecular flexibility index (Phi) is 5.33. The molecule has 0 fully saturated rings. The molecule has 3 rings (SSSR count). The van der Waals surface area contributed by atoms with Crippen LogP contribution in [0, 0.1) is 5.41 Å². The fourth-order valence-corrected chi connectivity index (χ4v) is 2.70. The van der Waals surface area contributed by atoms with Gasteiger partial charge in [0.1, 0.15) is 5.69 Å². The fraction of sp³-hybridized carbons (Fsp3) is 0.0625. The Morgan fingerprint density at radius 3 is 2.78 bits per heavy atom. The third kappa shape index (κ3) is 5.22. The van der Waals surface area contributed by atoms with Crippen LogP contribution in [0.5, 0.6) is 0 Å². The summed E-state index contributed by atoms with van der Waals surface area (Å²) in [5.74, 6) is -0.162. The lowest BCUT2D eigenvalue weighted by Crippen LogP contribution is -2.20. The summed E-state index contributed by atoms with van der Waals surface area (Å²) in [4.78, 5) is 17.6. The minimum atomic E-state index is -4.53. The van der Waals surface area contributed by atoms with Crippen LogP contribution in [0.15, 0.2) is 54.7 Å². The first-order valence-electron chi connectivity index (χ1n) is 7.73. The maximum Gasteiger partial charge on any atom is 0.469 e. The van der Waals surface area contributed by atoms with Crippen molar-refractivity contribution in [2.45, 2.75) is 6.61 Å². The molecule has 1 heterocycles. The molecule has 11 heteroatoms. The summed E-state index contributed by atoms with van der Waals surface area (Å²) >= 11 is 0. The predicted molar refractivity (Wildman–Crippen MR) is 99.2 cm³/mol. The molecule has 3 aromatic rings. The number of hydrogen-bond acceptors (Lipinski definition) is 5. The lowest BCUT2D eigenvalue weighted by molar-refractivity contribution is 0.189. The molecule has 0 radical (unpaired) electrons. The second kappa shape index (κ2) is 7.68. The maximum atomic E-state index is 10.8. The van der Waals surface area contributed by atoms with Crippen LogP contribution in [0.4, 0.5) is 5.69 Å². The van der Waals surface area contributed by atoms with E-state index >= 15 is 0 Å².